The third-order valence-corrected chi connectivity index (χ3v) is 3.21. The predicted octanol–water partition coefficient (Wildman–Crippen LogP) is 4.44. The first-order valence-corrected chi connectivity index (χ1v) is 7.54. The molecule has 0 fully saturated rings. The first-order valence-electron chi connectivity index (χ1n) is 7.16. The van der Waals surface area contributed by atoms with Gasteiger partial charge in [-0.1, -0.05) is 44.9 Å². The third kappa shape index (κ3) is 6.31. The maximum absolute atomic E-state index is 6.10. The summed E-state index contributed by atoms with van der Waals surface area (Å²) in [7, 11) is 0. The second-order valence-corrected chi connectivity index (χ2v) is 5.93. The summed E-state index contributed by atoms with van der Waals surface area (Å²) >= 11 is 6.03. The highest BCUT2D eigenvalue weighted by Crippen LogP contribution is 2.24. The maximum Gasteiger partial charge on any atom is 0.124 e. The molecule has 0 saturated carbocycles. The first-order chi connectivity index (χ1) is 9.02. The van der Waals surface area contributed by atoms with Gasteiger partial charge in [-0.3, -0.25) is 0 Å². The highest BCUT2D eigenvalue weighted by molar-refractivity contribution is 6.30. The Hall–Kier alpha value is -0.730. The van der Waals surface area contributed by atoms with Crippen molar-refractivity contribution >= 4 is 11.6 Å². The molecule has 1 aromatic rings. The summed E-state index contributed by atoms with van der Waals surface area (Å²) in [4.78, 5) is 0. The fourth-order valence-electron chi connectivity index (χ4n) is 1.94. The zero-order valence-electron chi connectivity index (χ0n) is 12.5. The minimum atomic E-state index is 0.209. The van der Waals surface area contributed by atoms with Gasteiger partial charge in [0.1, 0.15) is 11.9 Å². The van der Waals surface area contributed by atoms with Crippen molar-refractivity contribution in [3.05, 3.63) is 28.8 Å². The van der Waals surface area contributed by atoms with Gasteiger partial charge < -0.3 is 10.1 Å². The smallest absolute Gasteiger partial charge is 0.124 e. The summed E-state index contributed by atoms with van der Waals surface area (Å²) in [5.74, 6) is 1.56. The second-order valence-electron chi connectivity index (χ2n) is 5.49. The average Bonchev–Trinajstić information content (AvgIpc) is 2.33. The van der Waals surface area contributed by atoms with E-state index in [1.807, 2.05) is 18.2 Å². The second kappa shape index (κ2) is 8.44. The minimum Gasteiger partial charge on any atom is -0.489 e. The van der Waals surface area contributed by atoms with Crippen molar-refractivity contribution in [2.45, 2.75) is 46.6 Å². The lowest BCUT2D eigenvalue weighted by Crippen LogP contribution is -2.33. The molecule has 0 aliphatic heterocycles. The van der Waals surface area contributed by atoms with Crippen LogP contribution in [0.4, 0.5) is 0 Å². The molecule has 0 amide bonds. The van der Waals surface area contributed by atoms with Crippen molar-refractivity contribution < 1.29 is 4.74 Å². The molecule has 0 bridgehead atoms. The Bertz CT molecular complexity index is 379. The standard InChI is InChI=1S/C16H26ClNO/c1-5-6-15(11-18-10-12(2)3)19-16-9-14(17)8-7-13(16)4/h7-9,12,15,18H,5-6,10-11H2,1-4H3. The molecule has 1 rings (SSSR count). The van der Waals surface area contributed by atoms with Crippen molar-refractivity contribution in [2.24, 2.45) is 5.92 Å². The summed E-state index contributed by atoms with van der Waals surface area (Å²) in [6.45, 7) is 10.6. The number of nitrogens with one attached hydrogen (secondary N) is 1. The maximum atomic E-state index is 6.10. The normalized spacial score (nSPS) is 12.7. The molecule has 0 heterocycles. The Morgan fingerprint density at radius 1 is 1.26 bits per heavy atom. The zero-order valence-corrected chi connectivity index (χ0v) is 13.3. The topological polar surface area (TPSA) is 21.3 Å². The van der Waals surface area contributed by atoms with Crippen LogP contribution in [0.2, 0.25) is 5.02 Å². The van der Waals surface area contributed by atoms with Gasteiger partial charge in [0.05, 0.1) is 0 Å². The molecule has 0 aliphatic rings. The van der Waals surface area contributed by atoms with E-state index in [1.165, 1.54) is 0 Å². The lowest BCUT2D eigenvalue weighted by molar-refractivity contribution is 0.184. The fraction of sp³-hybridized carbons (Fsp3) is 0.625. The monoisotopic (exact) mass is 283 g/mol. The Kier molecular flexibility index (Phi) is 7.25. The number of hydrogen-bond acceptors (Lipinski definition) is 2. The number of aryl methyl sites for hydroxylation is 1. The van der Waals surface area contributed by atoms with Crippen LogP contribution in [0.5, 0.6) is 5.75 Å². The van der Waals surface area contributed by atoms with Crippen LogP contribution in [0.1, 0.15) is 39.2 Å². The molecule has 0 saturated heterocycles. The summed E-state index contributed by atoms with van der Waals surface area (Å²) < 4.78 is 6.10. The lowest BCUT2D eigenvalue weighted by atomic mass is 10.1. The molecule has 108 valence electrons. The number of benzene rings is 1. The molecule has 1 atom stereocenters. The van der Waals surface area contributed by atoms with Crippen molar-refractivity contribution in [3.63, 3.8) is 0 Å². The number of hydrogen-bond donors (Lipinski definition) is 1. The van der Waals surface area contributed by atoms with Gasteiger partial charge in [0, 0.05) is 11.6 Å². The molecule has 3 heteroatoms. The Morgan fingerprint density at radius 2 is 2.00 bits per heavy atom. The van der Waals surface area contributed by atoms with Crippen LogP contribution in [0, 0.1) is 12.8 Å². The van der Waals surface area contributed by atoms with Gasteiger partial charge in [0.15, 0.2) is 0 Å². The van der Waals surface area contributed by atoms with Crippen LogP contribution >= 0.6 is 11.6 Å². The van der Waals surface area contributed by atoms with E-state index in [1.54, 1.807) is 0 Å². The van der Waals surface area contributed by atoms with Gasteiger partial charge in [-0.2, -0.15) is 0 Å². The Morgan fingerprint density at radius 3 is 2.63 bits per heavy atom. The van der Waals surface area contributed by atoms with Gasteiger partial charge in [0.25, 0.3) is 0 Å². The molecule has 0 spiro atoms. The van der Waals surface area contributed by atoms with E-state index >= 15 is 0 Å². The largest absolute Gasteiger partial charge is 0.489 e. The van der Waals surface area contributed by atoms with Gasteiger partial charge >= 0.3 is 0 Å². The molecule has 0 aromatic heterocycles. The minimum absolute atomic E-state index is 0.209. The molecule has 1 N–H and O–H groups in total. The summed E-state index contributed by atoms with van der Waals surface area (Å²) in [5.41, 5.74) is 1.13. The van der Waals surface area contributed by atoms with E-state index in [9.17, 15) is 0 Å². The Labute approximate surface area is 122 Å². The van der Waals surface area contributed by atoms with E-state index in [0.717, 1.165) is 42.3 Å². The molecule has 1 unspecified atom stereocenters. The van der Waals surface area contributed by atoms with E-state index < -0.39 is 0 Å². The SMILES string of the molecule is CCCC(CNCC(C)C)Oc1cc(Cl)ccc1C. The molecule has 0 radical (unpaired) electrons. The van der Waals surface area contributed by atoms with Crippen LogP contribution in [0.25, 0.3) is 0 Å². The molecule has 1 aromatic carbocycles. The zero-order chi connectivity index (χ0) is 14.3. The first kappa shape index (κ1) is 16.3. The fourth-order valence-corrected chi connectivity index (χ4v) is 2.10. The van der Waals surface area contributed by atoms with Crippen LogP contribution in [-0.4, -0.2) is 19.2 Å². The quantitative estimate of drug-likeness (QED) is 0.761. The van der Waals surface area contributed by atoms with Crippen LogP contribution < -0.4 is 10.1 Å². The molecule has 19 heavy (non-hydrogen) atoms. The van der Waals surface area contributed by atoms with Crippen LogP contribution in [0.3, 0.4) is 0 Å². The van der Waals surface area contributed by atoms with Gasteiger partial charge in [-0.15, -0.1) is 0 Å². The van der Waals surface area contributed by atoms with E-state index in [2.05, 4.69) is 33.0 Å². The predicted molar refractivity (Wildman–Crippen MR) is 83.2 cm³/mol. The molecule has 0 aliphatic carbocycles. The van der Waals surface area contributed by atoms with Gasteiger partial charge in [0.2, 0.25) is 0 Å². The molecule has 2 nitrogen and oxygen atoms in total. The Balaban J connectivity index is 2.58. The number of rotatable bonds is 8. The number of ether oxygens (including phenoxy) is 1. The summed E-state index contributed by atoms with van der Waals surface area (Å²) in [6, 6.07) is 5.81. The van der Waals surface area contributed by atoms with Crippen LogP contribution in [0.15, 0.2) is 18.2 Å². The molecular formula is C16H26ClNO. The van der Waals surface area contributed by atoms with E-state index in [4.69, 9.17) is 16.3 Å². The van der Waals surface area contributed by atoms with E-state index in [-0.39, 0.29) is 6.10 Å². The third-order valence-electron chi connectivity index (χ3n) is 2.98. The number of halogens is 1. The van der Waals surface area contributed by atoms with Gasteiger partial charge in [-0.05, 0) is 43.5 Å². The van der Waals surface area contributed by atoms with E-state index in [0.29, 0.717) is 5.92 Å². The lowest BCUT2D eigenvalue weighted by Gasteiger charge is -2.21. The van der Waals surface area contributed by atoms with Crippen molar-refractivity contribution in [2.75, 3.05) is 13.1 Å². The van der Waals surface area contributed by atoms with Crippen molar-refractivity contribution in [3.8, 4) is 5.75 Å². The highest BCUT2D eigenvalue weighted by atomic mass is 35.5. The highest BCUT2D eigenvalue weighted by Gasteiger charge is 2.11. The molecular weight excluding hydrogens is 258 g/mol. The van der Waals surface area contributed by atoms with Gasteiger partial charge in [-0.25, -0.2) is 0 Å². The van der Waals surface area contributed by atoms with Crippen LogP contribution in [-0.2, 0) is 0 Å². The summed E-state index contributed by atoms with van der Waals surface area (Å²) in [6.07, 6.45) is 2.38. The summed E-state index contributed by atoms with van der Waals surface area (Å²) in [5, 5.41) is 4.19. The van der Waals surface area contributed by atoms with Crippen molar-refractivity contribution in [1.29, 1.82) is 0 Å². The van der Waals surface area contributed by atoms with Crippen molar-refractivity contribution in [1.82, 2.24) is 5.32 Å². The average molecular weight is 284 g/mol.